The molecule has 2 saturated heterocycles. The lowest BCUT2D eigenvalue weighted by Gasteiger charge is -2.40. The summed E-state index contributed by atoms with van der Waals surface area (Å²) >= 11 is 0. The summed E-state index contributed by atoms with van der Waals surface area (Å²) in [5, 5.41) is 20.7. The maximum absolute atomic E-state index is 13.0. The Hall–Kier alpha value is -2.70. The molecule has 182 valence electrons. The molecule has 2 fully saturated rings. The third-order valence-electron chi connectivity index (χ3n) is 6.07. The topological polar surface area (TPSA) is 169 Å². The van der Waals surface area contributed by atoms with Crippen molar-refractivity contribution in [2.75, 3.05) is 13.1 Å². The number of piperidine rings is 2. The Labute approximate surface area is 193 Å². The largest absolute Gasteiger partial charge is 0.371 e. The number of nitrogens with zero attached hydrogens (tertiary/aromatic N) is 2. The number of guanidine groups is 1. The first-order valence-corrected chi connectivity index (χ1v) is 12.7. The van der Waals surface area contributed by atoms with Crippen molar-refractivity contribution < 1.29 is 23.1 Å². The normalized spacial score (nSPS) is 24.9. The average molecular weight is 481 g/mol. The zero-order chi connectivity index (χ0) is 24.2. The highest BCUT2D eigenvalue weighted by molar-refractivity contribution is 7.88. The van der Waals surface area contributed by atoms with Gasteiger partial charge in [-0.3, -0.25) is 15.0 Å². The van der Waals surface area contributed by atoms with Gasteiger partial charge in [0.05, 0.1) is 11.8 Å². The van der Waals surface area contributed by atoms with E-state index in [0.29, 0.717) is 44.3 Å². The van der Waals surface area contributed by atoms with Gasteiger partial charge in [0.2, 0.25) is 21.8 Å². The Balaban J connectivity index is 1.61. The van der Waals surface area contributed by atoms with Crippen molar-refractivity contribution >= 4 is 27.8 Å². The van der Waals surface area contributed by atoms with Crippen molar-refractivity contribution in [3.05, 3.63) is 35.9 Å². The number of sulfonamides is 1. The number of amides is 2. The minimum atomic E-state index is -3.75. The fourth-order valence-electron chi connectivity index (χ4n) is 4.28. The lowest BCUT2D eigenvalue weighted by molar-refractivity contribution is -0.144. The SMILES string of the molecule is CC(C(=O)N[C@H]1CCCN(C(=N)N)C1O)N1CCC[C@H](NS(=O)(=O)Cc2ccccc2)C1=O. The van der Waals surface area contributed by atoms with E-state index in [1.54, 1.807) is 37.3 Å². The van der Waals surface area contributed by atoms with Crippen molar-refractivity contribution in [1.29, 1.82) is 5.41 Å². The first-order chi connectivity index (χ1) is 15.6. The molecule has 0 bridgehead atoms. The molecule has 0 aromatic heterocycles. The number of carbonyl (C=O) groups is 2. The van der Waals surface area contributed by atoms with E-state index >= 15 is 0 Å². The van der Waals surface area contributed by atoms with Crippen molar-refractivity contribution in [2.45, 2.75) is 62.7 Å². The third-order valence-corrected chi connectivity index (χ3v) is 7.43. The van der Waals surface area contributed by atoms with Gasteiger partial charge in [0.15, 0.2) is 5.96 Å². The number of rotatable bonds is 7. The number of likely N-dealkylation sites (tertiary alicyclic amines) is 2. The fourth-order valence-corrected chi connectivity index (χ4v) is 5.65. The molecular weight excluding hydrogens is 448 g/mol. The van der Waals surface area contributed by atoms with Gasteiger partial charge in [0.25, 0.3) is 0 Å². The van der Waals surface area contributed by atoms with Crippen LogP contribution in [0.25, 0.3) is 0 Å². The summed E-state index contributed by atoms with van der Waals surface area (Å²) in [6.07, 6.45) is 0.934. The molecule has 2 aliphatic rings. The molecule has 33 heavy (non-hydrogen) atoms. The summed E-state index contributed by atoms with van der Waals surface area (Å²) in [6.45, 7) is 2.33. The lowest BCUT2D eigenvalue weighted by atomic mass is 10.0. The molecule has 0 aliphatic carbocycles. The van der Waals surface area contributed by atoms with E-state index in [-0.39, 0.29) is 11.7 Å². The van der Waals surface area contributed by atoms with Gasteiger partial charge >= 0.3 is 0 Å². The predicted molar refractivity (Wildman–Crippen MR) is 122 cm³/mol. The molecule has 3 rings (SSSR count). The van der Waals surface area contributed by atoms with E-state index in [1.807, 2.05) is 0 Å². The number of nitrogens with one attached hydrogen (secondary N) is 3. The van der Waals surface area contributed by atoms with Gasteiger partial charge in [-0.15, -0.1) is 0 Å². The van der Waals surface area contributed by atoms with Crippen LogP contribution in [0.1, 0.15) is 38.2 Å². The van der Waals surface area contributed by atoms with Crippen LogP contribution in [0.3, 0.4) is 0 Å². The number of aliphatic hydroxyl groups excluding tert-OH is 1. The molecule has 2 heterocycles. The van der Waals surface area contributed by atoms with Crippen LogP contribution >= 0.6 is 0 Å². The minimum Gasteiger partial charge on any atom is -0.371 e. The fraction of sp³-hybridized carbons (Fsp3) is 0.571. The summed E-state index contributed by atoms with van der Waals surface area (Å²) in [6, 6.07) is 6.28. The van der Waals surface area contributed by atoms with Gasteiger partial charge in [0, 0.05) is 13.1 Å². The third kappa shape index (κ3) is 6.21. The Bertz CT molecular complexity index is 973. The molecule has 0 radical (unpaired) electrons. The maximum Gasteiger partial charge on any atom is 0.242 e. The molecule has 2 unspecified atom stereocenters. The van der Waals surface area contributed by atoms with Crippen LogP contribution in [0.2, 0.25) is 0 Å². The molecule has 0 spiro atoms. The summed E-state index contributed by atoms with van der Waals surface area (Å²) in [7, 11) is -3.75. The molecule has 1 aromatic carbocycles. The zero-order valence-corrected chi connectivity index (χ0v) is 19.4. The molecule has 1 aromatic rings. The molecule has 0 saturated carbocycles. The van der Waals surface area contributed by atoms with Crippen LogP contribution < -0.4 is 15.8 Å². The van der Waals surface area contributed by atoms with Gasteiger partial charge in [0.1, 0.15) is 18.3 Å². The number of aliphatic hydroxyl groups is 1. The van der Waals surface area contributed by atoms with E-state index in [0.717, 1.165) is 0 Å². The van der Waals surface area contributed by atoms with Crippen molar-refractivity contribution in [1.82, 2.24) is 19.8 Å². The molecular formula is C21H32N6O5S. The highest BCUT2D eigenvalue weighted by Crippen LogP contribution is 2.19. The second-order valence-corrected chi connectivity index (χ2v) is 10.3. The highest BCUT2D eigenvalue weighted by atomic mass is 32.2. The molecule has 12 heteroatoms. The highest BCUT2D eigenvalue weighted by Gasteiger charge is 2.38. The van der Waals surface area contributed by atoms with Crippen LogP contribution in [0.4, 0.5) is 0 Å². The Morgan fingerprint density at radius 1 is 1.24 bits per heavy atom. The van der Waals surface area contributed by atoms with E-state index < -0.39 is 46.2 Å². The molecule has 2 amide bonds. The van der Waals surface area contributed by atoms with Crippen LogP contribution in [-0.4, -0.2) is 78.5 Å². The second-order valence-electron chi connectivity index (χ2n) is 8.51. The van der Waals surface area contributed by atoms with Crippen LogP contribution in [0.5, 0.6) is 0 Å². The summed E-state index contributed by atoms with van der Waals surface area (Å²) in [5.74, 6) is -1.41. The molecule has 6 N–H and O–H groups in total. The molecule has 2 aliphatic heterocycles. The van der Waals surface area contributed by atoms with Crippen LogP contribution in [0, 0.1) is 5.41 Å². The van der Waals surface area contributed by atoms with Crippen molar-refractivity contribution in [3.63, 3.8) is 0 Å². The quantitative estimate of drug-likeness (QED) is 0.253. The summed E-state index contributed by atoms with van der Waals surface area (Å²) in [5.41, 5.74) is 6.10. The Kier molecular flexibility index (Phi) is 7.92. The number of carbonyl (C=O) groups excluding carboxylic acids is 2. The first kappa shape index (κ1) is 24.9. The standard InChI is InChI=1S/C21H32N6O5S/c1-14(18(28)24-16-9-5-12-27(19(16)29)21(22)23)26-11-6-10-17(20(26)30)25-33(31,32)13-15-7-3-2-4-8-15/h2-4,7-8,14,16-17,19,25,29H,5-6,9-13H2,1H3,(H3,22,23)(H,24,28)/t14?,16-,17-,19?/m0/s1. The van der Waals surface area contributed by atoms with Gasteiger partial charge in [-0.25, -0.2) is 13.1 Å². The molecule has 11 nitrogen and oxygen atoms in total. The van der Waals surface area contributed by atoms with Gasteiger partial charge in [-0.1, -0.05) is 30.3 Å². The van der Waals surface area contributed by atoms with Crippen LogP contribution in [0.15, 0.2) is 30.3 Å². The number of nitrogens with two attached hydrogens (primary N) is 1. The van der Waals surface area contributed by atoms with Crippen molar-refractivity contribution in [3.8, 4) is 0 Å². The lowest BCUT2D eigenvalue weighted by Crippen LogP contribution is -2.62. The van der Waals surface area contributed by atoms with Crippen LogP contribution in [-0.2, 0) is 25.4 Å². The Morgan fingerprint density at radius 2 is 1.91 bits per heavy atom. The van der Waals surface area contributed by atoms with E-state index in [1.165, 1.54) is 9.80 Å². The summed E-state index contributed by atoms with van der Waals surface area (Å²) < 4.78 is 27.7. The van der Waals surface area contributed by atoms with E-state index in [4.69, 9.17) is 11.1 Å². The maximum atomic E-state index is 13.0. The Morgan fingerprint density at radius 3 is 2.58 bits per heavy atom. The van der Waals surface area contributed by atoms with E-state index in [9.17, 15) is 23.1 Å². The molecule has 4 atom stereocenters. The van der Waals surface area contributed by atoms with E-state index in [2.05, 4.69) is 10.0 Å². The number of hydrogen-bond donors (Lipinski definition) is 5. The first-order valence-electron chi connectivity index (χ1n) is 11.0. The zero-order valence-electron chi connectivity index (χ0n) is 18.6. The van der Waals surface area contributed by atoms with Gasteiger partial charge in [-0.05, 0) is 38.2 Å². The number of benzene rings is 1. The summed E-state index contributed by atoms with van der Waals surface area (Å²) in [4.78, 5) is 28.5. The number of hydrogen-bond acceptors (Lipinski definition) is 6. The monoisotopic (exact) mass is 480 g/mol. The van der Waals surface area contributed by atoms with Gasteiger partial charge in [-0.2, -0.15) is 0 Å². The minimum absolute atomic E-state index is 0.236. The van der Waals surface area contributed by atoms with Gasteiger partial charge < -0.3 is 26.0 Å². The average Bonchev–Trinajstić information content (AvgIpc) is 2.76. The second kappa shape index (κ2) is 10.5. The predicted octanol–water partition coefficient (Wildman–Crippen LogP) is -0.722. The van der Waals surface area contributed by atoms with Crippen molar-refractivity contribution in [2.24, 2.45) is 5.73 Å². The smallest absolute Gasteiger partial charge is 0.242 e.